The van der Waals surface area contributed by atoms with E-state index in [1.54, 1.807) is 58.2 Å². The van der Waals surface area contributed by atoms with Gasteiger partial charge in [-0.25, -0.2) is 23.4 Å². The highest BCUT2D eigenvalue weighted by Crippen LogP contribution is 2.35. The number of hydrogen-bond acceptors (Lipinski definition) is 7. The van der Waals surface area contributed by atoms with E-state index in [1.165, 1.54) is 0 Å². The summed E-state index contributed by atoms with van der Waals surface area (Å²) in [4.78, 5) is 30.5. The smallest absolute Gasteiger partial charge is 0.340 e. The molecule has 3 aromatic rings. The minimum atomic E-state index is -1.45. The van der Waals surface area contributed by atoms with Crippen LogP contribution < -0.4 is 5.32 Å². The molecule has 10 heteroatoms. The molecule has 0 radical (unpaired) electrons. The van der Waals surface area contributed by atoms with E-state index < -0.39 is 45.9 Å². The van der Waals surface area contributed by atoms with E-state index in [4.69, 9.17) is 14.2 Å². The first kappa shape index (κ1) is 28.6. The molecule has 1 aromatic carbocycles. The van der Waals surface area contributed by atoms with Gasteiger partial charge in [0.05, 0.1) is 29.1 Å². The van der Waals surface area contributed by atoms with E-state index in [0.717, 1.165) is 17.7 Å². The largest absolute Gasteiger partial charge is 0.458 e. The lowest BCUT2D eigenvalue weighted by Gasteiger charge is -2.37. The third-order valence-corrected chi connectivity index (χ3v) is 6.09. The molecule has 0 aliphatic carbocycles. The number of fused-ring (bicyclic) bond motifs is 1. The molecule has 210 valence electrons. The fourth-order valence-corrected chi connectivity index (χ4v) is 4.44. The highest BCUT2D eigenvalue weighted by molar-refractivity contribution is 5.90. The number of hydrogen-bond donors (Lipinski definition) is 1. The van der Waals surface area contributed by atoms with Crippen LogP contribution >= 0.6 is 0 Å². The predicted molar refractivity (Wildman–Crippen MR) is 142 cm³/mol. The van der Waals surface area contributed by atoms with Crippen LogP contribution in [0.5, 0.6) is 0 Å². The highest BCUT2D eigenvalue weighted by atomic mass is 19.1. The normalized spacial score (nSPS) is 18.3. The zero-order valence-electron chi connectivity index (χ0n) is 23.4. The van der Waals surface area contributed by atoms with E-state index in [0.29, 0.717) is 17.9 Å². The van der Waals surface area contributed by atoms with Gasteiger partial charge in [-0.2, -0.15) is 0 Å². The number of halogens is 2. The van der Waals surface area contributed by atoms with Crippen molar-refractivity contribution in [3.63, 3.8) is 0 Å². The molecule has 1 fully saturated rings. The third-order valence-electron chi connectivity index (χ3n) is 6.09. The number of carbonyl (C=O) groups excluding carboxylic acids is 2. The third kappa shape index (κ3) is 6.28. The van der Waals surface area contributed by atoms with Crippen LogP contribution in [0, 0.1) is 18.6 Å². The molecule has 2 aromatic heterocycles. The van der Waals surface area contributed by atoms with E-state index in [1.807, 2.05) is 13.0 Å². The van der Waals surface area contributed by atoms with Gasteiger partial charge in [-0.3, -0.25) is 0 Å². The van der Waals surface area contributed by atoms with Crippen LogP contribution in [0.1, 0.15) is 63.2 Å². The summed E-state index contributed by atoms with van der Waals surface area (Å²) in [7, 11) is 0. The van der Waals surface area contributed by atoms with Crippen molar-refractivity contribution in [1.82, 2.24) is 14.7 Å². The first-order chi connectivity index (χ1) is 18.1. The Balaban J connectivity index is 1.86. The van der Waals surface area contributed by atoms with Gasteiger partial charge in [-0.15, -0.1) is 0 Å². The van der Waals surface area contributed by atoms with Crippen molar-refractivity contribution in [1.29, 1.82) is 0 Å². The molecule has 1 aliphatic rings. The summed E-state index contributed by atoms with van der Waals surface area (Å²) in [5.74, 6) is -3.39. The lowest BCUT2D eigenvalue weighted by atomic mass is 9.92. The Bertz CT molecular complexity index is 1390. The van der Waals surface area contributed by atoms with E-state index in [9.17, 15) is 9.59 Å². The van der Waals surface area contributed by atoms with Crippen LogP contribution in [0.25, 0.3) is 16.9 Å². The summed E-state index contributed by atoms with van der Waals surface area (Å²) in [5, 5.41) is 3.18. The molecule has 1 unspecified atom stereocenters. The van der Waals surface area contributed by atoms with Crippen molar-refractivity contribution in [2.24, 2.45) is 0 Å². The highest BCUT2D eigenvalue weighted by Gasteiger charge is 2.46. The molecule has 1 aliphatic heterocycles. The lowest BCUT2D eigenvalue weighted by Crippen LogP contribution is -2.58. The van der Waals surface area contributed by atoms with Crippen molar-refractivity contribution in [3.05, 3.63) is 58.9 Å². The number of nitrogens with zero attached hydrogens (tertiary/aromatic N) is 2. The standard InChI is InChI=1S/C29H35F2N3O5/c1-17-8-10-34-21(15-29(16-32-9-11-37-29)26(36)39-28(5,6)7)24(33-22(34)12-17)23-19(30)13-18(14-20(23)31)25(35)38-27(2,3)4/h8,10,12-14,32H,9,11,15-16H2,1-7H3. The second-order valence-corrected chi connectivity index (χ2v) is 11.9. The maximum atomic E-state index is 15.6. The average Bonchev–Trinajstić information content (AvgIpc) is 3.13. The topological polar surface area (TPSA) is 91.2 Å². The van der Waals surface area contributed by atoms with Crippen LogP contribution in [-0.2, 0) is 25.4 Å². The molecule has 1 atom stereocenters. The molecule has 39 heavy (non-hydrogen) atoms. The Morgan fingerprint density at radius 1 is 1.08 bits per heavy atom. The summed E-state index contributed by atoms with van der Waals surface area (Å²) in [6.07, 6.45) is 1.67. The summed E-state index contributed by atoms with van der Waals surface area (Å²) in [6.45, 7) is 13.1. The van der Waals surface area contributed by atoms with Gasteiger partial charge < -0.3 is 23.9 Å². The predicted octanol–water partition coefficient (Wildman–Crippen LogP) is 4.79. The summed E-state index contributed by atoms with van der Waals surface area (Å²) in [5.41, 5.74) is -2.03. The van der Waals surface area contributed by atoms with Crippen LogP contribution in [0.3, 0.4) is 0 Å². The maximum absolute atomic E-state index is 15.6. The summed E-state index contributed by atoms with van der Waals surface area (Å²) < 4.78 is 49.9. The number of ether oxygens (including phenoxy) is 3. The van der Waals surface area contributed by atoms with Crippen LogP contribution in [0.15, 0.2) is 30.5 Å². The number of carbonyl (C=O) groups is 2. The number of pyridine rings is 1. The number of benzene rings is 1. The molecule has 0 bridgehead atoms. The minimum absolute atomic E-state index is 0.00319. The van der Waals surface area contributed by atoms with E-state index in [-0.39, 0.29) is 30.8 Å². The van der Waals surface area contributed by atoms with Crippen LogP contribution in [0.4, 0.5) is 8.78 Å². The minimum Gasteiger partial charge on any atom is -0.458 e. The number of imidazole rings is 1. The first-order valence-electron chi connectivity index (χ1n) is 12.9. The fraction of sp³-hybridized carbons (Fsp3) is 0.483. The molecule has 0 saturated carbocycles. The van der Waals surface area contributed by atoms with Crippen molar-refractivity contribution in [2.45, 2.75) is 71.7 Å². The molecule has 1 saturated heterocycles. The van der Waals surface area contributed by atoms with Gasteiger partial charge in [0.25, 0.3) is 0 Å². The second kappa shape index (κ2) is 10.3. The van der Waals surface area contributed by atoms with Gasteiger partial charge in [0.15, 0.2) is 5.60 Å². The molecule has 4 rings (SSSR count). The van der Waals surface area contributed by atoms with Crippen LogP contribution in [-0.4, -0.2) is 57.8 Å². The molecule has 3 heterocycles. The lowest BCUT2D eigenvalue weighted by molar-refractivity contribution is -0.187. The Hall–Kier alpha value is -3.37. The summed E-state index contributed by atoms with van der Waals surface area (Å²) >= 11 is 0. The van der Waals surface area contributed by atoms with Crippen molar-refractivity contribution in [3.8, 4) is 11.3 Å². The Morgan fingerprint density at radius 3 is 2.28 bits per heavy atom. The van der Waals surface area contributed by atoms with E-state index >= 15 is 8.78 Å². The number of nitrogens with one attached hydrogen (secondary N) is 1. The van der Waals surface area contributed by atoms with Gasteiger partial charge in [-0.1, -0.05) is 0 Å². The SMILES string of the molecule is Cc1ccn2c(CC3(C(=O)OC(C)(C)C)CNCCO3)c(-c3c(F)cc(C(=O)OC(C)(C)C)cc3F)nc2c1. The fourth-order valence-electron chi connectivity index (χ4n) is 4.44. The van der Waals surface area contributed by atoms with Crippen LogP contribution in [0.2, 0.25) is 0 Å². The Kier molecular flexibility index (Phi) is 7.57. The van der Waals surface area contributed by atoms with Gasteiger partial charge in [0.2, 0.25) is 0 Å². The number of rotatable bonds is 5. The Labute approximate surface area is 226 Å². The van der Waals surface area contributed by atoms with Crippen molar-refractivity contribution in [2.75, 3.05) is 19.7 Å². The summed E-state index contributed by atoms with van der Waals surface area (Å²) in [6, 6.07) is 5.49. The van der Waals surface area contributed by atoms with Crippen molar-refractivity contribution >= 4 is 17.6 Å². The number of aryl methyl sites for hydroxylation is 1. The van der Waals surface area contributed by atoms with Crippen molar-refractivity contribution < 1.29 is 32.6 Å². The number of esters is 2. The van der Waals surface area contributed by atoms with Gasteiger partial charge in [0.1, 0.15) is 28.5 Å². The number of aromatic nitrogens is 2. The molecular formula is C29H35F2N3O5. The van der Waals surface area contributed by atoms with Gasteiger partial charge in [0, 0.05) is 25.7 Å². The number of morpholine rings is 1. The zero-order valence-corrected chi connectivity index (χ0v) is 23.4. The van der Waals surface area contributed by atoms with E-state index in [2.05, 4.69) is 10.3 Å². The molecule has 1 N–H and O–H groups in total. The first-order valence-corrected chi connectivity index (χ1v) is 12.9. The molecule has 0 amide bonds. The maximum Gasteiger partial charge on any atom is 0.340 e. The average molecular weight is 544 g/mol. The van der Waals surface area contributed by atoms with Gasteiger partial charge in [-0.05, 0) is 78.3 Å². The second-order valence-electron chi connectivity index (χ2n) is 11.9. The molecule has 8 nitrogen and oxygen atoms in total. The Morgan fingerprint density at radius 2 is 1.72 bits per heavy atom. The quantitative estimate of drug-likeness (QED) is 0.463. The molecule has 0 spiro atoms. The zero-order chi connectivity index (χ0) is 28.8. The van der Waals surface area contributed by atoms with Gasteiger partial charge >= 0.3 is 11.9 Å². The molecular weight excluding hydrogens is 508 g/mol. The monoisotopic (exact) mass is 543 g/mol.